The lowest BCUT2D eigenvalue weighted by molar-refractivity contribution is -0.121. The first-order chi connectivity index (χ1) is 13.6. The molecular weight excluding hydrogens is 352 g/mol. The summed E-state index contributed by atoms with van der Waals surface area (Å²) < 4.78 is 5.18. The number of aryl methyl sites for hydroxylation is 2. The molecule has 28 heavy (non-hydrogen) atoms. The minimum atomic E-state index is -0.130. The van der Waals surface area contributed by atoms with Crippen molar-refractivity contribution in [3.63, 3.8) is 0 Å². The van der Waals surface area contributed by atoms with Crippen molar-refractivity contribution in [2.45, 2.75) is 32.6 Å². The van der Waals surface area contributed by atoms with E-state index in [4.69, 9.17) is 4.74 Å². The third kappa shape index (κ3) is 5.00. The number of hydrogen-bond acceptors (Lipinski definition) is 3. The molecule has 3 rings (SSSR count). The zero-order chi connectivity index (χ0) is 19.9. The second-order valence-electron chi connectivity index (χ2n) is 6.96. The summed E-state index contributed by atoms with van der Waals surface area (Å²) >= 11 is 0. The van der Waals surface area contributed by atoms with E-state index in [1.807, 2.05) is 30.3 Å². The Hall–Kier alpha value is -3.08. The van der Waals surface area contributed by atoms with Crippen LogP contribution < -0.4 is 15.6 Å². The predicted octanol–water partition coefficient (Wildman–Crippen LogP) is 3.53. The van der Waals surface area contributed by atoms with Crippen molar-refractivity contribution in [3.8, 4) is 5.75 Å². The van der Waals surface area contributed by atoms with E-state index in [0.29, 0.717) is 30.7 Å². The van der Waals surface area contributed by atoms with Gasteiger partial charge in [-0.1, -0.05) is 24.3 Å². The van der Waals surface area contributed by atoms with E-state index in [1.165, 1.54) is 11.1 Å². The van der Waals surface area contributed by atoms with E-state index in [-0.39, 0.29) is 11.5 Å². The number of hydrogen-bond donors (Lipinski definition) is 2. The van der Waals surface area contributed by atoms with Crippen LogP contribution in [0.15, 0.2) is 53.3 Å². The van der Waals surface area contributed by atoms with Crippen molar-refractivity contribution in [2.75, 3.05) is 13.7 Å². The molecule has 0 atom stereocenters. The molecule has 0 bridgehead atoms. The maximum Gasteiger partial charge on any atom is 0.251 e. The fourth-order valence-electron chi connectivity index (χ4n) is 3.29. The fourth-order valence-corrected chi connectivity index (χ4v) is 3.29. The molecule has 1 aromatic heterocycles. The van der Waals surface area contributed by atoms with Gasteiger partial charge in [0.1, 0.15) is 5.75 Å². The lowest BCUT2D eigenvalue weighted by Crippen LogP contribution is -2.27. The molecule has 2 aromatic carbocycles. The number of aromatic nitrogens is 1. The number of nitrogens with one attached hydrogen (secondary N) is 2. The summed E-state index contributed by atoms with van der Waals surface area (Å²) in [5.41, 5.74) is 3.83. The Bertz CT molecular complexity index is 1020. The summed E-state index contributed by atoms with van der Waals surface area (Å²) in [5, 5.41) is 3.86. The Kier molecular flexibility index (Phi) is 6.48. The molecule has 0 fully saturated rings. The number of carbonyl (C=O) groups is 1. The number of benzene rings is 2. The molecule has 0 unspecified atom stereocenters. The fraction of sp³-hybridized carbons (Fsp3) is 0.304. The molecule has 0 aliphatic rings. The van der Waals surface area contributed by atoms with E-state index in [2.05, 4.69) is 29.4 Å². The molecule has 0 saturated carbocycles. The smallest absolute Gasteiger partial charge is 0.251 e. The van der Waals surface area contributed by atoms with E-state index in [1.54, 1.807) is 13.2 Å². The van der Waals surface area contributed by atoms with Gasteiger partial charge in [-0.05, 0) is 60.9 Å². The van der Waals surface area contributed by atoms with Crippen LogP contribution in [0.25, 0.3) is 10.9 Å². The Morgan fingerprint density at radius 3 is 2.68 bits per heavy atom. The Balaban J connectivity index is 1.49. The van der Waals surface area contributed by atoms with Gasteiger partial charge in [0.2, 0.25) is 5.91 Å². The number of aromatic amines is 1. The summed E-state index contributed by atoms with van der Waals surface area (Å²) in [5.74, 6) is 0.726. The normalized spacial score (nSPS) is 10.8. The van der Waals surface area contributed by atoms with Crippen LogP contribution in [-0.2, 0) is 17.6 Å². The maximum atomic E-state index is 12.3. The average Bonchev–Trinajstić information content (AvgIpc) is 2.69. The highest BCUT2D eigenvalue weighted by Gasteiger charge is 2.06. The van der Waals surface area contributed by atoms with Crippen LogP contribution in [0.3, 0.4) is 0 Å². The molecule has 1 amide bonds. The number of pyridine rings is 1. The van der Waals surface area contributed by atoms with Crippen molar-refractivity contribution in [1.82, 2.24) is 10.3 Å². The SMILES string of the molecule is COc1ccc2cc(CCNC(=O)CCCc3ccccc3C)c(=O)[nH]c2c1. The molecule has 0 radical (unpaired) electrons. The first-order valence-corrected chi connectivity index (χ1v) is 9.58. The van der Waals surface area contributed by atoms with E-state index in [9.17, 15) is 9.59 Å². The van der Waals surface area contributed by atoms with Gasteiger partial charge >= 0.3 is 0 Å². The monoisotopic (exact) mass is 378 g/mol. The summed E-state index contributed by atoms with van der Waals surface area (Å²) in [6.45, 7) is 2.54. The Labute approximate surface area is 164 Å². The van der Waals surface area contributed by atoms with Gasteiger partial charge in [-0.15, -0.1) is 0 Å². The molecule has 5 heteroatoms. The number of rotatable bonds is 8. The summed E-state index contributed by atoms with van der Waals surface area (Å²) in [6, 6.07) is 15.7. The number of fused-ring (bicyclic) bond motifs is 1. The van der Waals surface area contributed by atoms with Crippen LogP contribution in [0.2, 0.25) is 0 Å². The molecule has 0 aliphatic carbocycles. The zero-order valence-corrected chi connectivity index (χ0v) is 16.4. The topological polar surface area (TPSA) is 71.2 Å². The van der Waals surface area contributed by atoms with Crippen LogP contribution in [0.4, 0.5) is 0 Å². The third-order valence-corrected chi connectivity index (χ3v) is 4.96. The van der Waals surface area contributed by atoms with Crippen molar-refractivity contribution < 1.29 is 9.53 Å². The van der Waals surface area contributed by atoms with Crippen LogP contribution in [0.1, 0.15) is 29.5 Å². The number of amides is 1. The van der Waals surface area contributed by atoms with Gasteiger partial charge in [0.25, 0.3) is 5.56 Å². The van der Waals surface area contributed by atoms with Gasteiger partial charge in [-0.3, -0.25) is 9.59 Å². The Morgan fingerprint density at radius 1 is 1.07 bits per heavy atom. The van der Waals surface area contributed by atoms with Crippen LogP contribution in [0, 0.1) is 6.92 Å². The minimum Gasteiger partial charge on any atom is -0.497 e. The molecular formula is C23H26N2O3. The number of ether oxygens (including phenoxy) is 1. The highest BCUT2D eigenvalue weighted by molar-refractivity contribution is 5.80. The molecule has 0 spiro atoms. The van der Waals surface area contributed by atoms with Gasteiger partial charge in [0.05, 0.1) is 12.6 Å². The molecule has 5 nitrogen and oxygen atoms in total. The third-order valence-electron chi connectivity index (χ3n) is 4.96. The first kappa shape index (κ1) is 19.7. The van der Waals surface area contributed by atoms with Crippen LogP contribution >= 0.6 is 0 Å². The number of methoxy groups -OCH3 is 1. The molecule has 0 saturated heterocycles. The van der Waals surface area contributed by atoms with Gasteiger partial charge in [-0.25, -0.2) is 0 Å². The highest BCUT2D eigenvalue weighted by Crippen LogP contribution is 2.18. The second-order valence-corrected chi connectivity index (χ2v) is 6.96. The van der Waals surface area contributed by atoms with Crippen molar-refractivity contribution in [1.29, 1.82) is 0 Å². The van der Waals surface area contributed by atoms with E-state index >= 15 is 0 Å². The second kappa shape index (κ2) is 9.22. The molecule has 3 aromatic rings. The summed E-state index contributed by atoms with van der Waals surface area (Å²) in [7, 11) is 1.59. The van der Waals surface area contributed by atoms with Crippen LogP contribution in [-0.4, -0.2) is 24.5 Å². The van der Waals surface area contributed by atoms with Crippen molar-refractivity contribution in [2.24, 2.45) is 0 Å². The molecule has 146 valence electrons. The summed E-state index contributed by atoms with van der Waals surface area (Å²) in [6.07, 6.45) is 2.70. The van der Waals surface area contributed by atoms with Crippen molar-refractivity contribution in [3.05, 3.63) is 75.6 Å². The highest BCUT2D eigenvalue weighted by atomic mass is 16.5. The predicted molar refractivity (Wildman–Crippen MR) is 112 cm³/mol. The van der Waals surface area contributed by atoms with E-state index in [0.717, 1.165) is 23.7 Å². The van der Waals surface area contributed by atoms with E-state index < -0.39 is 0 Å². The lowest BCUT2D eigenvalue weighted by Gasteiger charge is -2.08. The van der Waals surface area contributed by atoms with Crippen molar-refractivity contribution >= 4 is 16.8 Å². The van der Waals surface area contributed by atoms with Gasteiger partial charge in [0.15, 0.2) is 0 Å². The molecule has 0 aliphatic heterocycles. The quantitative estimate of drug-likeness (QED) is 0.630. The summed E-state index contributed by atoms with van der Waals surface area (Å²) in [4.78, 5) is 27.2. The lowest BCUT2D eigenvalue weighted by atomic mass is 10.0. The molecule has 2 N–H and O–H groups in total. The maximum absolute atomic E-state index is 12.3. The zero-order valence-electron chi connectivity index (χ0n) is 16.4. The average molecular weight is 378 g/mol. The largest absolute Gasteiger partial charge is 0.497 e. The number of H-pyrrole nitrogens is 1. The van der Waals surface area contributed by atoms with Crippen LogP contribution in [0.5, 0.6) is 5.75 Å². The minimum absolute atomic E-state index is 0.0236. The van der Waals surface area contributed by atoms with Gasteiger partial charge in [-0.2, -0.15) is 0 Å². The van der Waals surface area contributed by atoms with Gasteiger partial charge < -0.3 is 15.0 Å². The number of carbonyl (C=O) groups excluding carboxylic acids is 1. The molecule has 1 heterocycles. The Morgan fingerprint density at radius 2 is 1.89 bits per heavy atom. The first-order valence-electron chi connectivity index (χ1n) is 9.58. The standard InChI is InChI=1S/C23H26N2O3/c1-16-6-3-4-7-17(16)8-5-9-22(26)24-13-12-19-14-18-10-11-20(28-2)15-21(18)25-23(19)27/h3-4,6-7,10-11,14-15H,5,8-9,12-13H2,1-2H3,(H,24,26)(H,25,27). The van der Waals surface area contributed by atoms with Gasteiger partial charge in [0, 0.05) is 24.6 Å².